The van der Waals surface area contributed by atoms with Crippen molar-refractivity contribution in [2.45, 2.75) is 27.4 Å². The van der Waals surface area contributed by atoms with Crippen LogP contribution in [-0.2, 0) is 24.7 Å². The van der Waals surface area contributed by atoms with Gasteiger partial charge < -0.3 is 0 Å². The Hall–Kier alpha value is -0.670. The molecule has 0 radical (unpaired) electrons. The summed E-state index contributed by atoms with van der Waals surface area (Å²) in [6, 6.07) is 7.77. The highest BCUT2D eigenvalue weighted by Crippen LogP contribution is 2.49. The number of rotatable bonds is 7. The third-order valence-electron chi connectivity index (χ3n) is 2.21. The van der Waals surface area contributed by atoms with Crippen molar-refractivity contribution in [2.75, 3.05) is 13.2 Å². The highest BCUT2D eigenvalue weighted by Gasteiger charge is 2.25. The monoisotopic (exact) mass is 258 g/mol. The van der Waals surface area contributed by atoms with E-state index in [2.05, 4.69) is 0 Å². The van der Waals surface area contributed by atoms with Gasteiger partial charge in [0.1, 0.15) is 0 Å². The summed E-state index contributed by atoms with van der Waals surface area (Å²) in [5.41, 5.74) is 2.07. The van der Waals surface area contributed by atoms with Gasteiger partial charge in [0.15, 0.2) is 0 Å². The zero-order chi connectivity index (χ0) is 12.7. The Morgan fingerprint density at radius 2 is 1.65 bits per heavy atom. The maximum Gasteiger partial charge on any atom is 0.475 e. The molecule has 0 saturated carbocycles. The number of aryl methyl sites for hydroxylation is 1. The Morgan fingerprint density at radius 3 is 2.18 bits per heavy atom. The second kappa shape index (κ2) is 6.92. The van der Waals surface area contributed by atoms with E-state index in [1.54, 1.807) is 13.8 Å². The first kappa shape index (κ1) is 14.4. The van der Waals surface area contributed by atoms with Crippen LogP contribution >= 0.6 is 7.82 Å². The Kier molecular flexibility index (Phi) is 5.86. The van der Waals surface area contributed by atoms with E-state index in [4.69, 9.17) is 13.6 Å². The van der Waals surface area contributed by atoms with Crippen molar-refractivity contribution in [1.82, 2.24) is 0 Å². The smallest absolute Gasteiger partial charge is 0.287 e. The minimum Gasteiger partial charge on any atom is -0.287 e. The fourth-order valence-electron chi connectivity index (χ4n) is 1.35. The van der Waals surface area contributed by atoms with Crippen LogP contribution < -0.4 is 0 Å². The molecular weight excluding hydrogens is 239 g/mol. The Labute approximate surface area is 103 Å². The first-order chi connectivity index (χ1) is 8.11. The third-order valence-corrected chi connectivity index (χ3v) is 3.81. The molecule has 0 N–H and O–H groups in total. The summed E-state index contributed by atoms with van der Waals surface area (Å²) in [7, 11) is -3.40. The lowest BCUT2D eigenvalue weighted by Gasteiger charge is -2.16. The van der Waals surface area contributed by atoms with Gasteiger partial charge in [0, 0.05) is 0 Å². The highest BCUT2D eigenvalue weighted by atomic mass is 31.2. The van der Waals surface area contributed by atoms with E-state index in [0.29, 0.717) is 13.2 Å². The first-order valence-corrected chi connectivity index (χ1v) is 7.15. The molecule has 5 heteroatoms. The Balaban J connectivity index is 2.64. The van der Waals surface area contributed by atoms with E-state index in [0.717, 1.165) is 11.1 Å². The van der Waals surface area contributed by atoms with Crippen LogP contribution in [-0.4, -0.2) is 13.2 Å². The molecule has 0 atom stereocenters. The van der Waals surface area contributed by atoms with Crippen LogP contribution in [0.3, 0.4) is 0 Å². The van der Waals surface area contributed by atoms with E-state index in [1.807, 2.05) is 31.2 Å². The second-order valence-corrected chi connectivity index (χ2v) is 5.15. The van der Waals surface area contributed by atoms with Gasteiger partial charge in [-0.3, -0.25) is 13.6 Å². The van der Waals surface area contributed by atoms with Crippen molar-refractivity contribution in [2.24, 2.45) is 0 Å². The molecule has 1 rings (SSSR count). The standard InChI is InChI=1S/C12H19O4P/c1-4-14-17(13,15-5-2)16-10-12-9-7-6-8-11(12)3/h6-9H,4-5,10H2,1-3H3. The minimum atomic E-state index is -3.40. The molecule has 0 bridgehead atoms. The lowest BCUT2D eigenvalue weighted by atomic mass is 10.1. The fraction of sp³-hybridized carbons (Fsp3) is 0.500. The summed E-state index contributed by atoms with van der Waals surface area (Å²) in [6.45, 7) is 6.30. The summed E-state index contributed by atoms with van der Waals surface area (Å²) in [5, 5.41) is 0. The van der Waals surface area contributed by atoms with Crippen LogP contribution in [0.25, 0.3) is 0 Å². The predicted octanol–water partition coefficient (Wildman–Crippen LogP) is 3.69. The van der Waals surface area contributed by atoms with Crippen molar-refractivity contribution in [3.63, 3.8) is 0 Å². The van der Waals surface area contributed by atoms with Gasteiger partial charge in [0.25, 0.3) is 0 Å². The quantitative estimate of drug-likeness (QED) is 0.699. The van der Waals surface area contributed by atoms with Crippen LogP contribution in [0.4, 0.5) is 0 Å². The lowest BCUT2D eigenvalue weighted by molar-refractivity contribution is 0.116. The van der Waals surface area contributed by atoms with Gasteiger partial charge in [-0.05, 0) is 31.9 Å². The zero-order valence-corrected chi connectivity index (χ0v) is 11.4. The summed E-state index contributed by atoms with van der Waals surface area (Å²) in [5.74, 6) is 0. The molecule has 0 heterocycles. The molecule has 0 aliphatic carbocycles. The van der Waals surface area contributed by atoms with Crippen molar-refractivity contribution >= 4 is 7.82 Å². The highest BCUT2D eigenvalue weighted by molar-refractivity contribution is 7.48. The van der Waals surface area contributed by atoms with Crippen LogP contribution in [0.5, 0.6) is 0 Å². The van der Waals surface area contributed by atoms with Crippen LogP contribution in [0.15, 0.2) is 24.3 Å². The molecule has 0 saturated heterocycles. The number of phosphoric ester groups is 1. The van der Waals surface area contributed by atoms with Gasteiger partial charge in [0.2, 0.25) is 0 Å². The van der Waals surface area contributed by atoms with Gasteiger partial charge in [-0.2, -0.15) is 0 Å². The average Bonchev–Trinajstić information content (AvgIpc) is 2.29. The fourth-order valence-corrected chi connectivity index (χ4v) is 2.50. The maximum atomic E-state index is 12.0. The van der Waals surface area contributed by atoms with Crippen molar-refractivity contribution in [1.29, 1.82) is 0 Å². The molecule has 1 aromatic rings. The topological polar surface area (TPSA) is 44.8 Å². The molecule has 1 aromatic carbocycles. The van der Waals surface area contributed by atoms with E-state index in [-0.39, 0.29) is 6.61 Å². The second-order valence-electron chi connectivity index (χ2n) is 3.48. The van der Waals surface area contributed by atoms with Gasteiger partial charge in [-0.1, -0.05) is 24.3 Å². The van der Waals surface area contributed by atoms with Crippen molar-refractivity contribution in [3.8, 4) is 0 Å². The minimum absolute atomic E-state index is 0.226. The number of benzene rings is 1. The van der Waals surface area contributed by atoms with E-state index < -0.39 is 7.82 Å². The maximum absolute atomic E-state index is 12.0. The molecule has 0 unspecified atom stereocenters. The molecule has 0 fully saturated rings. The average molecular weight is 258 g/mol. The summed E-state index contributed by atoms with van der Waals surface area (Å²) in [6.07, 6.45) is 0. The molecular formula is C12H19O4P. The van der Waals surface area contributed by atoms with Crippen LogP contribution in [0.2, 0.25) is 0 Å². The molecule has 17 heavy (non-hydrogen) atoms. The molecule has 0 aliphatic heterocycles. The first-order valence-electron chi connectivity index (χ1n) is 5.69. The summed E-state index contributed by atoms with van der Waals surface area (Å²) >= 11 is 0. The molecule has 0 spiro atoms. The third kappa shape index (κ3) is 4.60. The van der Waals surface area contributed by atoms with Gasteiger partial charge in [-0.25, -0.2) is 4.57 Å². The molecule has 0 aliphatic rings. The number of phosphoric acid groups is 1. The van der Waals surface area contributed by atoms with E-state index in [9.17, 15) is 4.57 Å². The van der Waals surface area contributed by atoms with Crippen LogP contribution in [0.1, 0.15) is 25.0 Å². The van der Waals surface area contributed by atoms with Crippen LogP contribution in [0, 0.1) is 6.92 Å². The molecule has 0 amide bonds. The predicted molar refractivity (Wildman–Crippen MR) is 66.8 cm³/mol. The Bertz CT molecular complexity index is 382. The largest absolute Gasteiger partial charge is 0.475 e. The summed E-state index contributed by atoms with van der Waals surface area (Å²) in [4.78, 5) is 0. The van der Waals surface area contributed by atoms with Crippen molar-refractivity contribution < 1.29 is 18.1 Å². The van der Waals surface area contributed by atoms with Crippen molar-refractivity contribution in [3.05, 3.63) is 35.4 Å². The molecule has 4 nitrogen and oxygen atoms in total. The SMILES string of the molecule is CCOP(=O)(OCC)OCc1ccccc1C. The van der Waals surface area contributed by atoms with Gasteiger partial charge in [-0.15, -0.1) is 0 Å². The Morgan fingerprint density at radius 1 is 1.06 bits per heavy atom. The van der Waals surface area contributed by atoms with E-state index >= 15 is 0 Å². The summed E-state index contributed by atoms with van der Waals surface area (Å²) < 4.78 is 27.4. The molecule has 0 aromatic heterocycles. The number of hydrogen-bond acceptors (Lipinski definition) is 4. The van der Waals surface area contributed by atoms with E-state index in [1.165, 1.54) is 0 Å². The zero-order valence-electron chi connectivity index (χ0n) is 10.5. The normalized spacial score (nSPS) is 11.7. The van der Waals surface area contributed by atoms with Gasteiger partial charge >= 0.3 is 7.82 Å². The molecule has 96 valence electrons. The number of hydrogen-bond donors (Lipinski definition) is 0. The lowest BCUT2D eigenvalue weighted by Crippen LogP contribution is -2.01. The van der Waals surface area contributed by atoms with Gasteiger partial charge in [0.05, 0.1) is 19.8 Å².